The Morgan fingerprint density at radius 2 is 1.73 bits per heavy atom. The van der Waals surface area contributed by atoms with Crippen LogP contribution in [0.3, 0.4) is 0 Å². The minimum Gasteiger partial charge on any atom is -0.397 e. The van der Waals surface area contributed by atoms with Crippen molar-refractivity contribution >= 4 is 28.7 Å². The molecule has 1 aromatic heterocycles. The fraction of sp³-hybridized carbons (Fsp3) is 0.667. The highest BCUT2D eigenvalue weighted by Crippen LogP contribution is 2.36. The lowest BCUT2D eigenvalue weighted by atomic mass is 9.86. The molecule has 0 N–H and O–H groups in total. The van der Waals surface area contributed by atoms with Crippen LogP contribution in [0.1, 0.15) is 27.7 Å². The van der Waals surface area contributed by atoms with E-state index in [1.54, 1.807) is 6.20 Å². The monoisotopic (exact) mass is 273 g/mol. The van der Waals surface area contributed by atoms with Gasteiger partial charge in [0.15, 0.2) is 5.66 Å². The highest BCUT2D eigenvalue weighted by molar-refractivity contribution is 9.10. The maximum atomic E-state index is 5.80. The minimum absolute atomic E-state index is 0.357. The Morgan fingerprint density at radius 3 is 2.13 bits per heavy atom. The first-order chi connectivity index (χ1) is 6.83. The molecule has 82 valence electrons. The van der Waals surface area contributed by atoms with Crippen LogP contribution in [-0.2, 0) is 9.31 Å². The summed E-state index contributed by atoms with van der Waals surface area (Å²) in [6.45, 7) is 7.99. The van der Waals surface area contributed by atoms with Crippen LogP contribution in [0.25, 0.3) is 0 Å². The van der Waals surface area contributed by atoms with Gasteiger partial charge in [-0.25, -0.2) is 0 Å². The molecule has 0 unspecified atom stereocenters. The van der Waals surface area contributed by atoms with E-state index < -0.39 is 7.12 Å². The third-order valence-corrected chi connectivity index (χ3v) is 3.62. The Kier molecular flexibility index (Phi) is 2.48. The van der Waals surface area contributed by atoms with Gasteiger partial charge in [-0.2, -0.15) is 0 Å². The van der Waals surface area contributed by atoms with Crippen molar-refractivity contribution in [3.8, 4) is 0 Å². The lowest BCUT2D eigenvalue weighted by Crippen LogP contribution is -2.41. The third kappa shape index (κ3) is 1.75. The molecular formula is C9H13BBrNO3. The van der Waals surface area contributed by atoms with Crippen LogP contribution >= 0.6 is 15.9 Å². The van der Waals surface area contributed by atoms with E-state index in [4.69, 9.17) is 13.8 Å². The molecule has 0 atom stereocenters. The summed E-state index contributed by atoms with van der Waals surface area (Å²) in [5.74, 6) is 0. The summed E-state index contributed by atoms with van der Waals surface area (Å²) < 4.78 is 17.5. The van der Waals surface area contributed by atoms with Crippen molar-refractivity contribution in [2.75, 3.05) is 0 Å². The van der Waals surface area contributed by atoms with Gasteiger partial charge in [0, 0.05) is 0 Å². The first kappa shape index (κ1) is 11.2. The van der Waals surface area contributed by atoms with Crippen LogP contribution < -0.4 is 5.66 Å². The first-order valence-corrected chi connectivity index (χ1v) is 5.58. The van der Waals surface area contributed by atoms with Crippen molar-refractivity contribution in [1.29, 1.82) is 0 Å². The molecule has 15 heavy (non-hydrogen) atoms. The van der Waals surface area contributed by atoms with Gasteiger partial charge in [-0.3, -0.25) is 0 Å². The van der Waals surface area contributed by atoms with Gasteiger partial charge in [0.25, 0.3) is 0 Å². The van der Waals surface area contributed by atoms with Gasteiger partial charge in [-0.1, -0.05) is 5.16 Å². The van der Waals surface area contributed by atoms with E-state index in [0.29, 0.717) is 5.66 Å². The smallest absolute Gasteiger partial charge is 0.397 e. The molecule has 1 saturated heterocycles. The molecule has 2 rings (SSSR count). The molecule has 0 saturated carbocycles. The van der Waals surface area contributed by atoms with Gasteiger partial charge in [0.1, 0.15) is 0 Å². The third-order valence-electron chi connectivity index (χ3n) is 3.02. The van der Waals surface area contributed by atoms with E-state index in [-0.39, 0.29) is 11.2 Å². The topological polar surface area (TPSA) is 44.5 Å². The average molecular weight is 274 g/mol. The van der Waals surface area contributed by atoms with Crippen molar-refractivity contribution in [2.24, 2.45) is 0 Å². The number of hydrogen-bond acceptors (Lipinski definition) is 4. The number of aromatic nitrogens is 1. The van der Waals surface area contributed by atoms with Crippen LogP contribution in [0.4, 0.5) is 0 Å². The molecule has 1 aliphatic heterocycles. The van der Waals surface area contributed by atoms with Crippen LogP contribution in [0.5, 0.6) is 0 Å². The second kappa shape index (κ2) is 3.33. The quantitative estimate of drug-likeness (QED) is 0.731. The van der Waals surface area contributed by atoms with Crippen LogP contribution in [-0.4, -0.2) is 23.5 Å². The summed E-state index contributed by atoms with van der Waals surface area (Å²) in [7, 11) is -0.494. The summed E-state index contributed by atoms with van der Waals surface area (Å²) in [5.41, 5.74) is -0.137. The predicted octanol–water partition coefficient (Wildman–Crippen LogP) is 1.74. The highest BCUT2D eigenvalue weighted by Gasteiger charge is 2.53. The molecule has 0 radical (unpaired) electrons. The van der Waals surface area contributed by atoms with Crippen LogP contribution in [0, 0.1) is 0 Å². The van der Waals surface area contributed by atoms with E-state index >= 15 is 0 Å². The highest BCUT2D eigenvalue weighted by atomic mass is 79.9. The second-order valence-electron chi connectivity index (χ2n) is 4.63. The van der Waals surface area contributed by atoms with E-state index in [9.17, 15) is 0 Å². The van der Waals surface area contributed by atoms with Gasteiger partial charge in [-0.05, 0) is 43.6 Å². The van der Waals surface area contributed by atoms with Crippen LogP contribution in [0.15, 0.2) is 15.2 Å². The largest absolute Gasteiger partial charge is 0.537 e. The second-order valence-corrected chi connectivity index (χ2v) is 5.48. The lowest BCUT2D eigenvalue weighted by molar-refractivity contribution is 0.00578. The Balaban J connectivity index is 2.27. The zero-order valence-corrected chi connectivity index (χ0v) is 10.8. The Morgan fingerprint density at radius 1 is 1.20 bits per heavy atom. The van der Waals surface area contributed by atoms with Gasteiger partial charge in [0.2, 0.25) is 0 Å². The van der Waals surface area contributed by atoms with E-state index in [0.717, 1.165) is 4.47 Å². The molecule has 4 nitrogen and oxygen atoms in total. The van der Waals surface area contributed by atoms with Crippen molar-refractivity contribution in [2.45, 2.75) is 38.9 Å². The summed E-state index contributed by atoms with van der Waals surface area (Å²) in [5, 5.41) is 3.68. The van der Waals surface area contributed by atoms with Gasteiger partial charge in [-0.15, -0.1) is 0 Å². The zero-order valence-electron chi connectivity index (χ0n) is 9.20. The maximum absolute atomic E-state index is 5.80. The molecule has 1 fully saturated rings. The summed E-state index contributed by atoms with van der Waals surface area (Å²) >= 11 is 3.34. The standard InChI is InChI=1S/C9H13BBrNO3/c1-8(2)9(3,4)15-10(14-8)7-6(11)5-12-13-7/h5H,1-4H3. The molecule has 0 amide bonds. The molecule has 0 spiro atoms. The molecule has 6 heteroatoms. The molecule has 1 aliphatic rings. The van der Waals surface area contributed by atoms with Gasteiger partial charge < -0.3 is 13.8 Å². The van der Waals surface area contributed by atoms with Crippen LogP contribution in [0.2, 0.25) is 0 Å². The van der Waals surface area contributed by atoms with Crippen molar-refractivity contribution in [3.63, 3.8) is 0 Å². The number of rotatable bonds is 1. The first-order valence-electron chi connectivity index (χ1n) is 4.79. The molecule has 0 aromatic carbocycles. The predicted molar refractivity (Wildman–Crippen MR) is 59.9 cm³/mol. The van der Waals surface area contributed by atoms with Crippen molar-refractivity contribution in [1.82, 2.24) is 5.16 Å². The number of hydrogen-bond donors (Lipinski definition) is 0. The molecule has 1 aromatic rings. The fourth-order valence-corrected chi connectivity index (χ4v) is 1.69. The number of nitrogens with zero attached hydrogens (tertiary/aromatic N) is 1. The fourth-order valence-electron chi connectivity index (χ4n) is 1.34. The van der Waals surface area contributed by atoms with Gasteiger partial charge >= 0.3 is 7.12 Å². The molecular weight excluding hydrogens is 261 g/mol. The minimum atomic E-state index is -0.494. The maximum Gasteiger partial charge on any atom is 0.537 e. The van der Waals surface area contributed by atoms with E-state index in [1.165, 1.54) is 0 Å². The average Bonchev–Trinajstić information content (AvgIpc) is 2.55. The normalized spacial score (nSPS) is 23.4. The summed E-state index contributed by atoms with van der Waals surface area (Å²) in [6.07, 6.45) is 1.58. The number of halogens is 1. The van der Waals surface area contributed by atoms with E-state index in [1.807, 2.05) is 27.7 Å². The molecule has 0 aliphatic carbocycles. The SMILES string of the molecule is CC1(C)OB(c2oncc2Br)OC1(C)C. The Labute approximate surface area is 97.6 Å². The Hall–Kier alpha value is -0.325. The Bertz CT molecular complexity index is 361. The van der Waals surface area contributed by atoms with E-state index in [2.05, 4.69) is 21.1 Å². The van der Waals surface area contributed by atoms with Crippen molar-refractivity contribution < 1.29 is 13.8 Å². The summed E-state index contributed by atoms with van der Waals surface area (Å²) in [4.78, 5) is 0. The zero-order chi connectivity index (χ0) is 11.3. The molecule has 2 heterocycles. The summed E-state index contributed by atoms with van der Waals surface area (Å²) in [6, 6.07) is 0. The van der Waals surface area contributed by atoms with Crippen molar-refractivity contribution in [3.05, 3.63) is 10.7 Å². The lowest BCUT2D eigenvalue weighted by Gasteiger charge is -2.32. The molecule has 0 bridgehead atoms. The van der Waals surface area contributed by atoms with Gasteiger partial charge in [0.05, 0.1) is 21.9 Å².